The molecule has 0 aromatic rings. The van der Waals surface area contributed by atoms with Crippen LogP contribution in [0.3, 0.4) is 0 Å². The van der Waals surface area contributed by atoms with Gasteiger partial charge in [0.25, 0.3) is 0 Å². The van der Waals surface area contributed by atoms with E-state index in [1.807, 2.05) is 0 Å². The molecule has 5 N–H and O–H groups in total. The first-order chi connectivity index (χ1) is 6.05. The summed E-state index contributed by atoms with van der Waals surface area (Å²) in [5.74, 6) is 0. The lowest BCUT2D eigenvalue weighted by molar-refractivity contribution is 0.0928. The third kappa shape index (κ3) is 4.71. The highest BCUT2D eigenvalue weighted by Gasteiger charge is 2.44. The Bertz CT molecular complexity index is 275. The van der Waals surface area contributed by atoms with Gasteiger partial charge in [-0.1, -0.05) is 0 Å². The van der Waals surface area contributed by atoms with Gasteiger partial charge in [0.1, 0.15) is 6.61 Å². The highest BCUT2D eigenvalue weighted by molar-refractivity contribution is 7.70. The highest BCUT2D eigenvalue weighted by Crippen LogP contribution is 2.59. The maximum absolute atomic E-state index is 10.5. The van der Waals surface area contributed by atoms with Crippen LogP contribution in [0.1, 0.15) is 0 Å². The van der Waals surface area contributed by atoms with E-state index in [2.05, 4.69) is 4.74 Å². The highest BCUT2D eigenvalue weighted by atomic mass is 31.2. The molecule has 0 spiro atoms. The molecule has 0 fully saturated rings. The summed E-state index contributed by atoms with van der Waals surface area (Å²) in [7, 11) is -10.2. The van der Waals surface area contributed by atoms with E-state index >= 15 is 0 Å². The lowest BCUT2D eigenvalue weighted by Crippen LogP contribution is -2.18. The first-order valence-corrected chi connectivity index (χ1v) is 6.37. The van der Waals surface area contributed by atoms with Crippen molar-refractivity contribution in [3.8, 4) is 0 Å². The third-order valence-corrected chi connectivity index (χ3v) is 4.79. The van der Waals surface area contributed by atoms with Crippen LogP contribution in [0.25, 0.3) is 0 Å². The van der Waals surface area contributed by atoms with Gasteiger partial charge in [0.2, 0.25) is 0 Å². The molecule has 0 saturated carbocycles. The van der Waals surface area contributed by atoms with Gasteiger partial charge in [-0.3, -0.25) is 9.13 Å². The first-order valence-electron chi connectivity index (χ1n) is 3.01. The number of carboxylic acid groups (broad SMARTS) is 1. The average molecular weight is 250 g/mol. The molecular formula is C3H8O9P2. The number of ether oxygens (including phenoxy) is 1. The maximum Gasteiger partial charge on any atom is 0.505 e. The van der Waals surface area contributed by atoms with Crippen LogP contribution in [0.4, 0.5) is 4.79 Å². The Hall–Kier alpha value is -0.430. The summed E-state index contributed by atoms with van der Waals surface area (Å²) in [5.41, 5.74) is 0. The van der Waals surface area contributed by atoms with Crippen LogP contribution in [0.5, 0.6) is 0 Å². The van der Waals surface area contributed by atoms with Crippen molar-refractivity contribution in [2.75, 3.05) is 6.61 Å². The zero-order valence-electron chi connectivity index (χ0n) is 6.55. The van der Waals surface area contributed by atoms with Gasteiger partial charge in [0.15, 0.2) is 5.40 Å². The molecular weight excluding hydrogens is 242 g/mol. The summed E-state index contributed by atoms with van der Waals surface area (Å²) in [6, 6.07) is 0. The SMILES string of the molecule is O=C(O)OCC(P(=O)(O)O)P(=O)(O)O. The molecule has 0 rings (SSSR count). The van der Waals surface area contributed by atoms with E-state index in [1.165, 1.54) is 0 Å². The molecule has 0 unspecified atom stereocenters. The summed E-state index contributed by atoms with van der Waals surface area (Å²) < 4.78 is 24.7. The summed E-state index contributed by atoms with van der Waals surface area (Å²) >= 11 is 0. The van der Waals surface area contributed by atoms with Crippen LogP contribution >= 0.6 is 15.2 Å². The van der Waals surface area contributed by atoms with Crippen molar-refractivity contribution in [1.82, 2.24) is 0 Å². The molecule has 84 valence electrons. The predicted molar refractivity (Wildman–Crippen MR) is 41.9 cm³/mol. The molecule has 0 heterocycles. The zero-order chi connectivity index (χ0) is 11.6. The lowest BCUT2D eigenvalue weighted by Gasteiger charge is -2.18. The monoisotopic (exact) mass is 250 g/mol. The van der Waals surface area contributed by atoms with E-state index in [1.54, 1.807) is 0 Å². The quantitative estimate of drug-likeness (QED) is 0.322. The zero-order valence-corrected chi connectivity index (χ0v) is 8.34. The average Bonchev–Trinajstić information content (AvgIpc) is 1.78. The molecule has 14 heavy (non-hydrogen) atoms. The molecule has 9 nitrogen and oxygen atoms in total. The summed E-state index contributed by atoms with van der Waals surface area (Å²) in [4.78, 5) is 43.7. The second kappa shape index (κ2) is 4.39. The third-order valence-electron chi connectivity index (χ3n) is 1.13. The summed E-state index contributed by atoms with van der Waals surface area (Å²) in [6.07, 6.45) is -1.88. The normalized spacial score (nSPS) is 12.9. The van der Waals surface area contributed by atoms with Gasteiger partial charge >= 0.3 is 21.3 Å². The van der Waals surface area contributed by atoms with Gasteiger partial charge in [-0.05, 0) is 0 Å². The van der Waals surface area contributed by atoms with E-state index in [0.717, 1.165) is 0 Å². The van der Waals surface area contributed by atoms with Gasteiger partial charge in [-0.25, -0.2) is 4.79 Å². The fourth-order valence-electron chi connectivity index (χ4n) is 0.536. The topological polar surface area (TPSA) is 162 Å². The first kappa shape index (κ1) is 13.6. The lowest BCUT2D eigenvalue weighted by atomic mass is 10.8. The molecule has 0 aromatic heterocycles. The van der Waals surface area contributed by atoms with Crippen molar-refractivity contribution in [3.05, 3.63) is 0 Å². The van der Waals surface area contributed by atoms with Gasteiger partial charge < -0.3 is 29.4 Å². The molecule has 0 radical (unpaired) electrons. The number of hydrogen-bond acceptors (Lipinski definition) is 4. The Morgan fingerprint density at radius 2 is 1.50 bits per heavy atom. The Morgan fingerprint density at radius 1 is 1.14 bits per heavy atom. The molecule has 0 aromatic carbocycles. The van der Waals surface area contributed by atoms with E-state index < -0.39 is 33.4 Å². The Balaban J connectivity index is 4.69. The van der Waals surface area contributed by atoms with Gasteiger partial charge in [-0.2, -0.15) is 0 Å². The predicted octanol–water partition coefficient (Wildman–Crippen LogP) is -0.637. The van der Waals surface area contributed by atoms with Crippen LogP contribution < -0.4 is 0 Å². The largest absolute Gasteiger partial charge is 0.505 e. The Morgan fingerprint density at radius 3 is 1.71 bits per heavy atom. The molecule has 0 amide bonds. The van der Waals surface area contributed by atoms with Crippen molar-refractivity contribution in [1.29, 1.82) is 0 Å². The second-order valence-corrected chi connectivity index (χ2v) is 6.25. The summed E-state index contributed by atoms with van der Waals surface area (Å²) in [5, 5.41) is 5.51. The van der Waals surface area contributed by atoms with E-state index in [-0.39, 0.29) is 0 Å². The van der Waals surface area contributed by atoms with Crippen LogP contribution in [0.2, 0.25) is 0 Å². The van der Waals surface area contributed by atoms with Crippen LogP contribution in [0, 0.1) is 0 Å². The van der Waals surface area contributed by atoms with Crippen molar-refractivity contribution in [3.63, 3.8) is 0 Å². The fourth-order valence-corrected chi connectivity index (χ4v) is 2.64. The molecule has 0 aliphatic rings. The van der Waals surface area contributed by atoms with Crippen LogP contribution in [-0.2, 0) is 13.9 Å². The summed E-state index contributed by atoms with van der Waals surface area (Å²) in [6.45, 7) is -1.26. The van der Waals surface area contributed by atoms with E-state index in [0.29, 0.717) is 0 Å². The Kier molecular flexibility index (Phi) is 4.26. The molecule has 11 heteroatoms. The van der Waals surface area contributed by atoms with Crippen LogP contribution in [0.15, 0.2) is 0 Å². The van der Waals surface area contributed by atoms with Crippen LogP contribution in [-0.4, -0.2) is 42.8 Å². The Labute approximate surface area is 77.6 Å². The van der Waals surface area contributed by atoms with E-state index in [4.69, 9.17) is 24.7 Å². The minimum Gasteiger partial charge on any atom is -0.450 e. The minimum atomic E-state index is -5.11. The number of rotatable bonds is 4. The van der Waals surface area contributed by atoms with Gasteiger partial charge in [0.05, 0.1) is 0 Å². The molecule has 0 bridgehead atoms. The smallest absolute Gasteiger partial charge is 0.450 e. The number of hydrogen-bond donors (Lipinski definition) is 5. The van der Waals surface area contributed by atoms with Crippen molar-refractivity contribution in [2.45, 2.75) is 5.40 Å². The van der Waals surface area contributed by atoms with Gasteiger partial charge in [0, 0.05) is 0 Å². The number of carbonyl (C=O) groups is 1. The van der Waals surface area contributed by atoms with Crippen molar-refractivity contribution < 1.29 is 43.3 Å². The van der Waals surface area contributed by atoms with Crippen molar-refractivity contribution >= 4 is 21.3 Å². The van der Waals surface area contributed by atoms with Crippen molar-refractivity contribution in [2.24, 2.45) is 0 Å². The fraction of sp³-hybridized carbons (Fsp3) is 0.667. The molecule has 0 aliphatic heterocycles. The van der Waals surface area contributed by atoms with Gasteiger partial charge in [-0.15, -0.1) is 0 Å². The molecule has 0 saturated heterocycles. The maximum atomic E-state index is 10.5. The van der Waals surface area contributed by atoms with E-state index in [9.17, 15) is 13.9 Å². The minimum absolute atomic E-state index is 1.26. The standard InChI is InChI=1S/C3H8O9P2/c4-3(5)12-1-2(13(6,7)8)14(9,10)11/h2H,1H2,(H,4,5)(H2,6,7,8)(H2,9,10,11). The second-order valence-electron chi connectivity index (χ2n) is 2.24. The molecule has 0 aliphatic carbocycles. The molecule has 0 atom stereocenters.